The second-order valence-corrected chi connectivity index (χ2v) is 10.0. The Kier molecular flexibility index (Phi) is 6.69. The van der Waals surface area contributed by atoms with Gasteiger partial charge in [0.2, 0.25) is 0 Å². The van der Waals surface area contributed by atoms with Gasteiger partial charge in [-0.3, -0.25) is 14.5 Å². The maximum Gasteiger partial charge on any atom is 0.293 e. The number of nitrogens with zero attached hydrogens (tertiary/aromatic N) is 1. The molecular weight excluding hydrogens is 557 g/mol. The molecule has 1 fully saturated rings. The minimum atomic E-state index is -0.262. The van der Waals surface area contributed by atoms with Crippen LogP contribution in [-0.4, -0.2) is 16.0 Å². The summed E-state index contributed by atoms with van der Waals surface area (Å²) in [6, 6.07) is 29.7. The Hall–Kier alpha value is -3.10. The highest BCUT2D eigenvalue weighted by atomic mass is 127. The number of thioether (sulfide) groups is 1. The molecule has 1 heterocycles. The molecule has 0 spiro atoms. The van der Waals surface area contributed by atoms with Crippen molar-refractivity contribution in [2.75, 3.05) is 0 Å². The molecule has 0 radical (unpaired) electrons. The van der Waals surface area contributed by atoms with Gasteiger partial charge in [0.15, 0.2) is 0 Å². The summed E-state index contributed by atoms with van der Waals surface area (Å²) in [5.41, 5.74) is 2.91. The maximum absolute atomic E-state index is 13.1. The predicted octanol–water partition coefficient (Wildman–Crippen LogP) is 7.26. The molecule has 0 N–H and O–H groups in total. The van der Waals surface area contributed by atoms with E-state index in [0.29, 0.717) is 11.5 Å². The molecular formula is C28H20INO3S. The average molecular weight is 577 g/mol. The molecule has 0 atom stereocenters. The molecule has 4 nitrogen and oxygen atoms in total. The van der Waals surface area contributed by atoms with E-state index >= 15 is 0 Å². The fraction of sp³-hybridized carbons (Fsp3) is 0.0714. The van der Waals surface area contributed by atoms with Crippen LogP contribution in [0.15, 0.2) is 95.9 Å². The van der Waals surface area contributed by atoms with Gasteiger partial charge in [0.1, 0.15) is 12.4 Å². The molecule has 2 amide bonds. The number of benzene rings is 4. The van der Waals surface area contributed by atoms with Crippen LogP contribution >= 0.6 is 34.4 Å². The number of imide groups is 1. The molecule has 6 heteroatoms. The van der Waals surface area contributed by atoms with Crippen LogP contribution in [-0.2, 0) is 17.9 Å². The van der Waals surface area contributed by atoms with Gasteiger partial charge in [-0.05, 0) is 80.0 Å². The molecule has 4 aromatic carbocycles. The molecule has 4 aromatic rings. The molecule has 0 bridgehead atoms. The minimum Gasteiger partial charge on any atom is -0.488 e. The average Bonchev–Trinajstić information content (AvgIpc) is 3.11. The minimum absolute atomic E-state index is 0.248. The molecule has 0 aliphatic carbocycles. The van der Waals surface area contributed by atoms with E-state index < -0.39 is 0 Å². The van der Waals surface area contributed by atoms with Crippen molar-refractivity contribution in [2.24, 2.45) is 0 Å². The van der Waals surface area contributed by atoms with E-state index in [1.54, 1.807) is 6.08 Å². The lowest BCUT2D eigenvalue weighted by atomic mass is 10.0. The SMILES string of the molecule is O=C1S/C(=C/c2ccc(OCc3ccccc3)c(I)c2)C(=O)N1Cc1cccc2ccccc12. The van der Waals surface area contributed by atoms with Gasteiger partial charge < -0.3 is 4.74 Å². The second kappa shape index (κ2) is 10.0. The van der Waals surface area contributed by atoms with Crippen molar-refractivity contribution in [1.29, 1.82) is 0 Å². The Morgan fingerprint density at radius 3 is 2.47 bits per heavy atom. The summed E-state index contributed by atoms with van der Waals surface area (Å²) in [4.78, 5) is 27.5. The van der Waals surface area contributed by atoms with Gasteiger partial charge in [-0.25, -0.2) is 0 Å². The van der Waals surface area contributed by atoms with Crippen molar-refractivity contribution in [1.82, 2.24) is 4.90 Å². The van der Waals surface area contributed by atoms with Crippen molar-refractivity contribution in [2.45, 2.75) is 13.2 Å². The third kappa shape index (κ3) is 4.88. The summed E-state index contributed by atoms with van der Waals surface area (Å²) >= 11 is 3.21. The number of ether oxygens (including phenoxy) is 1. The smallest absolute Gasteiger partial charge is 0.293 e. The maximum atomic E-state index is 13.1. The number of hydrogen-bond donors (Lipinski definition) is 0. The zero-order valence-electron chi connectivity index (χ0n) is 18.1. The van der Waals surface area contributed by atoms with E-state index in [1.165, 1.54) is 4.90 Å². The molecule has 0 saturated carbocycles. The predicted molar refractivity (Wildman–Crippen MR) is 145 cm³/mol. The van der Waals surface area contributed by atoms with Gasteiger partial charge in [0.05, 0.1) is 15.0 Å². The van der Waals surface area contributed by atoms with Gasteiger partial charge >= 0.3 is 0 Å². The van der Waals surface area contributed by atoms with Crippen molar-refractivity contribution < 1.29 is 14.3 Å². The summed E-state index contributed by atoms with van der Waals surface area (Å²) < 4.78 is 6.88. The number of hydrogen-bond acceptors (Lipinski definition) is 4. The van der Waals surface area contributed by atoms with E-state index in [0.717, 1.165) is 48.5 Å². The zero-order valence-corrected chi connectivity index (χ0v) is 21.1. The third-order valence-corrected chi connectivity index (χ3v) is 7.32. The van der Waals surface area contributed by atoms with Gasteiger partial charge in [-0.2, -0.15) is 0 Å². The molecule has 168 valence electrons. The number of fused-ring (bicyclic) bond motifs is 1. The lowest BCUT2D eigenvalue weighted by molar-refractivity contribution is -0.123. The van der Waals surface area contributed by atoms with Crippen LogP contribution in [0.2, 0.25) is 0 Å². The monoisotopic (exact) mass is 577 g/mol. The van der Waals surface area contributed by atoms with Gasteiger partial charge in [0, 0.05) is 0 Å². The van der Waals surface area contributed by atoms with Crippen LogP contribution in [0.3, 0.4) is 0 Å². The Balaban J connectivity index is 1.32. The lowest BCUT2D eigenvalue weighted by Crippen LogP contribution is -2.27. The summed E-state index contributed by atoms with van der Waals surface area (Å²) in [7, 11) is 0. The van der Waals surface area contributed by atoms with Gasteiger partial charge in [-0.15, -0.1) is 0 Å². The third-order valence-electron chi connectivity index (χ3n) is 5.57. The Labute approximate surface area is 215 Å². The molecule has 0 aromatic heterocycles. The molecule has 5 rings (SSSR count). The molecule has 0 unspecified atom stereocenters. The van der Waals surface area contributed by atoms with E-state index in [4.69, 9.17) is 4.74 Å². The highest BCUT2D eigenvalue weighted by molar-refractivity contribution is 14.1. The fourth-order valence-corrected chi connectivity index (χ4v) is 5.38. The van der Waals surface area contributed by atoms with Crippen molar-refractivity contribution >= 4 is 62.3 Å². The number of carbonyl (C=O) groups is 2. The zero-order chi connectivity index (χ0) is 23.5. The lowest BCUT2D eigenvalue weighted by Gasteiger charge is -2.14. The van der Waals surface area contributed by atoms with Crippen LogP contribution in [0.1, 0.15) is 16.7 Å². The number of halogens is 1. The molecule has 1 aliphatic heterocycles. The number of amides is 2. The Bertz CT molecular complexity index is 1410. The highest BCUT2D eigenvalue weighted by Crippen LogP contribution is 2.35. The molecule has 34 heavy (non-hydrogen) atoms. The molecule has 1 saturated heterocycles. The van der Waals surface area contributed by atoms with Crippen LogP contribution in [0, 0.1) is 3.57 Å². The van der Waals surface area contributed by atoms with Crippen LogP contribution in [0.25, 0.3) is 16.8 Å². The van der Waals surface area contributed by atoms with E-state index in [2.05, 4.69) is 22.6 Å². The largest absolute Gasteiger partial charge is 0.488 e. The summed E-state index contributed by atoms with van der Waals surface area (Å²) in [6.45, 7) is 0.746. The Morgan fingerprint density at radius 1 is 0.882 bits per heavy atom. The van der Waals surface area contributed by atoms with Crippen LogP contribution in [0.4, 0.5) is 4.79 Å². The summed E-state index contributed by atoms with van der Waals surface area (Å²) in [5.74, 6) is 0.521. The van der Waals surface area contributed by atoms with Gasteiger partial charge in [0.25, 0.3) is 11.1 Å². The van der Waals surface area contributed by atoms with E-state index in [1.807, 2.05) is 91.0 Å². The summed E-state index contributed by atoms with van der Waals surface area (Å²) in [5, 5.41) is 1.89. The molecule has 1 aliphatic rings. The van der Waals surface area contributed by atoms with Crippen molar-refractivity contribution in [3.63, 3.8) is 0 Å². The second-order valence-electron chi connectivity index (χ2n) is 7.87. The number of carbonyl (C=O) groups excluding carboxylic acids is 2. The first-order chi connectivity index (χ1) is 16.6. The quantitative estimate of drug-likeness (QED) is 0.179. The fourth-order valence-electron chi connectivity index (χ4n) is 3.85. The van der Waals surface area contributed by atoms with E-state index in [9.17, 15) is 9.59 Å². The Morgan fingerprint density at radius 2 is 1.65 bits per heavy atom. The highest BCUT2D eigenvalue weighted by Gasteiger charge is 2.35. The van der Waals surface area contributed by atoms with Gasteiger partial charge in [-0.1, -0.05) is 78.9 Å². The first-order valence-electron chi connectivity index (χ1n) is 10.8. The normalized spacial score (nSPS) is 14.9. The van der Waals surface area contributed by atoms with Crippen molar-refractivity contribution in [3.8, 4) is 5.75 Å². The number of rotatable bonds is 6. The first-order valence-corrected chi connectivity index (χ1v) is 12.7. The topological polar surface area (TPSA) is 46.6 Å². The summed E-state index contributed by atoms with van der Waals surface area (Å²) in [6.07, 6.45) is 1.77. The first kappa shape index (κ1) is 22.7. The van der Waals surface area contributed by atoms with Crippen LogP contribution < -0.4 is 4.74 Å². The van der Waals surface area contributed by atoms with Crippen LogP contribution in [0.5, 0.6) is 5.75 Å². The van der Waals surface area contributed by atoms with E-state index in [-0.39, 0.29) is 17.7 Å². The standard InChI is InChI=1S/C28H20INO3S/c29-24-15-20(13-14-25(24)33-18-19-7-2-1-3-8-19)16-26-27(31)30(28(32)34-26)17-22-11-6-10-21-9-4-5-12-23(21)22/h1-16H,17-18H2/b26-16+. The van der Waals surface area contributed by atoms with Crippen molar-refractivity contribution in [3.05, 3.63) is 116 Å².